The highest BCUT2D eigenvalue weighted by atomic mass is 32.2. The van der Waals surface area contributed by atoms with E-state index < -0.39 is 0 Å². The summed E-state index contributed by atoms with van der Waals surface area (Å²) in [5, 5.41) is 3.96. The summed E-state index contributed by atoms with van der Waals surface area (Å²) in [5.74, 6) is 1.68. The third-order valence-electron chi connectivity index (χ3n) is 3.09. The molecule has 0 saturated carbocycles. The number of fused-ring (bicyclic) bond motifs is 2. The van der Waals surface area contributed by atoms with Crippen LogP contribution >= 0.6 is 11.8 Å². The van der Waals surface area contributed by atoms with Gasteiger partial charge in [0.2, 0.25) is 5.91 Å². The van der Waals surface area contributed by atoms with Crippen molar-refractivity contribution >= 4 is 34.4 Å². The zero-order valence-corrected chi connectivity index (χ0v) is 11.2. The van der Waals surface area contributed by atoms with E-state index in [0.717, 1.165) is 15.8 Å². The molecule has 2 aromatic rings. The minimum Gasteiger partial charge on any atom is -0.309 e. The first-order chi connectivity index (χ1) is 8.63. The SMILES string of the molecule is CC(C)c1ccc2cc3c(nc2c1)NC(=O)CS3. The molecule has 1 amide bonds. The Kier molecular flexibility index (Phi) is 2.74. The molecule has 92 valence electrons. The standard InChI is InChI=1S/C14H14N2OS/c1-8(2)9-3-4-10-6-12-14(15-11(10)5-9)16-13(17)7-18-12/h3-6,8H,7H2,1-2H3,(H,15,16,17). The Balaban J connectivity index is 2.16. The molecule has 1 aromatic carbocycles. The first kappa shape index (κ1) is 11.5. The van der Waals surface area contributed by atoms with Crippen molar-refractivity contribution in [2.75, 3.05) is 11.1 Å². The van der Waals surface area contributed by atoms with Crippen LogP contribution in [0.2, 0.25) is 0 Å². The number of aromatic nitrogens is 1. The Morgan fingerprint density at radius 3 is 2.94 bits per heavy atom. The number of thioether (sulfide) groups is 1. The maximum atomic E-state index is 11.4. The van der Waals surface area contributed by atoms with Gasteiger partial charge in [-0.05, 0) is 23.6 Å². The van der Waals surface area contributed by atoms with Gasteiger partial charge in [-0.25, -0.2) is 4.98 Å². The molecule has 2 heterocycles. The van der Waals surface area contributed by atoms with Crippen molar-refractivity contribution < 1.29 is 4.79 Å². The van der Waals surface area contributed by atoms with E-state index in [1.165, 1.54) is 5.56 Å². The average molecular weight is 258 g/mol. The molecule has 0 radical (unpaired) electrons. The van der Waals surface area contributed by atoms with Gasteiger partial charge in [-0.2, -0.15) is 0 Å². The summed E-state index contributed by atoms with van der Waals surface area (Å²) in [6.07, 6.45) is 0. The molecular formula is C14H14N2OS. The van der Waals surface area contributed by atoms with Crippen molar-refractivity contribution in [2.45, 2.75) is 24.7 Å². The Hall–Kier alpha value is -1.55. The molecule has 0 atom stereocenters. The number of hydrogen-bond acceptors (Lipinski definition) is 3. The number of carbonyl (C=O) groups excluding carboxylic acids is 1. The third-order valence-corrected chi connectivity index (χ3v) is 4.12. The number of anilines is 1. The summed E-state index contributed by atoms with van der Waals surface area (Å²) >= 11 is 1.55. The van der Waals surface area contributed by atoms with Gasteiger partial charge in [0.1, 0.15) is 5.82 Å². The molecule has 1 aliphatic rings. The van der Waals surface area contributed by atoms with Crippen molar-refractivity contribution in [3.8, 4) is 0 Å². The molecule has 0 unspecified atom stereocenters. The highest BCUT2D eigenvalue weighted by Crippen LogP contribution is 2.33. The smallest absolute Gasteiger partial charge is 0.235 e. The van der Waals surface area contributed by atoms with E-state index in [1.807, 2.05) is 0 Å². The number of nitrogens with zero attached hydrogens (tertiary/aromatic N) is 1. The first-order valence-electron chi connectivity index (χ1n) is 6.01. The molecule has 0 bridgehead atoms. The summed E-state index contributed by atoms with van der Waals surface area (Å²) in [4.78, 5) is 17.0. The molecular weight excluding hydrogens is 244 g/mol. The van der Waals surface area contributed by atoms with E-state index in [4.69, 9.17) is 0 Å². The largest absolute Gasteiger partial charge is 0.309 e. The van der Waals surface area contributed by atoms with Gasteiger partial charge in [0.25, 0.3) is 0 Å². The Labute approximate surface area is 110 Å². The van der Waals surface area contributed by atoms with Gasteiger partial charge >= 0.3 is 0 Å². The number of amides is 1. The van der Waals surface area contributed by atoms with Crippen LogP contribution in [0.1, 0.15) is 25.3 Å². The number of hydrogen-bond donors (Lipinski definition) is 1. The van der Waals surface area contributed by atoms with E-state index in [0.29, 0.717) is 17.5 Å². The maximum Gasteiger partial charge on any atom is 0.235 e. The van der Waals surface area contributed by atoms with Crippen LogP contribution in [0.4, 0.5) is 5.82 Å². The molecule has 1 N–H and O–H groups in total. The van der Waals surface area contributed by atoms with E-state index in [-0.39, 0.29) is 5.91 Å². The molecule has 0 aliphatic carbocycles. The van der Waals surface area contributed by atoms with Gasteiger partial charge in [0.15, 0.2) is 0 Å². The van der Waals surface area contributed by atoms with Crippen LogP contribution in [-0.4, -0.2) is 16.6 Å². The highest BCUT2D eigenvalue weighted by Gasteiger charge is 2.17. The maximum absolute atomic E-state index is 11.4. The van der Waals surface area contributed by atoms with Gasteiger partial charge in [-0.1, -0.05) is 26.0 Å². The number of pyridine rings is 1. The summed E-state index contributed by atoms with van der Waals surface area (Å²) in [6, 6.07) is 8.46. The number of rotatable bonds is 1. The predicted octanol–water partition coefficient (Wildman–Crippen LogP) is 3.40. The van der Waals surface area contributed by atoms with Crippen LogP contribution < -0.4 is 5.32 Å². The summed E-state index contributed by atoms with van der Waals surface area (Å²) in [6.45, 7) is 4.33. The van der Waals surface area contributed by atoms with Crippen molar-refractivity contribution in [3.63, 3.8) is 0 Å². The van der Waals surface area contributed by atoms with Gasteiger partial charge in [0.05, 0.1) is 16.2 Å². The lowest BCUT2D eigenvalue weighted by molar-refractivity contribution is -0.113. The minimum absolute atomic E-state index is 0.0272. The van der Waals surface area contributed by atoms with E-state index in [9.17, 15) is 4.79 Å². The lowest BCUT2D eigenvalue weighted by Crippen LogP contribution is -2.19. The van der Waals surface area contributed by atoms with Crippen LogP contribution in [0.3, 0.4) is 0 Å². The van der Waals surface area contributed by atoms with Crippen LogP contribution in [0.25, 0.3) is 10.9 Å². The summed E-state index contributed by atoms with van der Waals surface area (Å²) in [7, 11) is 0. The molecule has 0 spiro atoms. The molecule has 1 aromatic heterocycles. The predicted molar refractivity (Wildman–Crippen MR) is 75.2 cm³/mol. The molecule has 18 heavy (non-hydrogen) atoms. The lowest BCUT2D eigenvalue weighted by Gasteiger charge is -2.16. The number of carbonyl (C=O) groups is 1. The lowest BCUT2D eigenvalue weighted by atomic mass is 10.0. The number of benzene rings is 1. The minimum atomic E-state index is 0.0272. The molecule has 3 nitrogen and oxygen atoms in total. The number of nitrogens with one attached hydrogen (secondary N) is 1. The van der Waals surface area contributed by atoms with E-state index in [2.05, 4.69) is 48.4 Å². The second-order valence-corrected chi connectivity index (χ2v) is 5.80. The zero-order valence-electron chi connectivity index (χ0n) is 10.4. The molecule has 0 saturated heterocycles. The van der Waals surface area contributed by atoms with Crippen molar-refractivity contribution in [3.05, 3.63) is 29.8 Å². The van der Waals surface area contributed by atoms with Crippen LogP contribution in [0.5, 0.6) is 0 Å². The quantitative estimate of drug-likeness (QED) is 0.852. The zero-order chi connectivity index (χ0) is 12.7. The fraction of sp³-hybridized carbons (Fsp3) is 0.286. The molecule has 0 fully saturated rings. The Morgan fingerprint density at radius 1 is 1.33 bits per heavy atom. The van der Waals surface area contributed by atoms with Crippen molar-refractivity contribution in [2.24, 2.45) is 0 Å². The fourth-order valence-electron chi connectivity index (χ4n) is 2.03. The molecule has 1 aliphatic heterocycles. The van der Waals surface area contributed by atoms with Crippen LogP contribution in [0.15, 0.2) is 29.2 Å². The van der Waals surface area contributed by atoms with Crippen LogP contribution in [-0.2, 0) is 4.79 Å². The van der Waals surface area contributed by atoms with Crippen LogP contribution in [0, 0.1) is 0 Å². The molecule has 3 rings (SSSR count). The second-order valence-electron chi connectivity index (χ2n) is 4.78. The average Bonchev–Trinajstić information content (AvgIpc) is 2.35. The van der Waals surface area contributed by atoms with E-state index in [1.54, 1.807) is 11.8 Å². The normalized spacial score (nSPS) is 14.7. The third kappa shape index (κ3) is 1.97. The van der Waals surface area contributed by atoms with Crippen molar-refractivity contribution in [1.29, 1.82) is 0 Å². The molecule has 4 heteroatoms. The van der Waals surface area contributed by atoms with Gasteiger partial charge in [-0.15, -0.1) is 11.8 Å². The summed E-state index contributed by atoms with van der Waals surface area (Å²) < 4.78 is 0. The van der Waals surface area contributed by atoms with Gasteiger partial charge < -0.3 is 5.32 Å². The fourth-order valence-corrected chi connectivity index (χ4v) is 2.84. The monoisotopic (exact) mass is 258 g/mol. The summed E-state index contributed by atoms with van der Waals surface area (Å²) in [5.41, 5.74) is 2.22. The first-order valence-corrected chi connectivity index (χ1v) is 6.99. The van der Waals surface area contributed by atoms with E-state index >= 15 is 0 Å². The topological polar surface area (TPSA) is 42.0 Å². The Morgan fingerprint density at radius 2 is 2.17 bits per heavy atom. The van der Waals surface area contributed by atoms with Gasteiger partial charge in [0, 0.05) is 5.39 Å². The van der Waals surface area contributed by atoms with Gasteiger partial charge in [-0.3, -0.25) is 4.79 Å². The highest BCUT2D eigenvalue weighted by molar-refractivity contribution is 8.00. The van der Waals surface area contributed by atoms with Crippen molar-refractivity contribution in [1.82, 2.24) is 4.98 Å². The second kappa shape index (κ2) is 4.28. The Bertz CT molecular complexity index is 637.